The molecule has 0 bridgehead atoms. The molecule has 0 saturated carbocycles. The first-order chi connectivity index (χ1) is 17.4. The van der Waals surface area contributed by atoms with Crippen LogP contribution < -0.4 is 0 Å². The molecule has 0 aliphatic carbocycles. The Morgan fingerprint density at radius 2 is 1.95 bits per heavy atom. The summed E-state index contributed by atoms with van der Waals surface area (Å²) in [4.78, 5) is 31.0. The molecule has 7 nitrogen and oxygen atoms in total. The van der Waals surface area contributed by atoms with Crippen molar-refractivity contribution in [2.24, 2.45) is 17.3 Å². The van der Waals surface area contributed by atoms with Gasteiger partial charge in [-0.05, 0) is 62.8 Å². The summed E-state index contributed by atoms with van der Waals surface area (Å²) < 4.78 is 12.0. The molecule has 2 aliphatic heterocycles. The molecule has 2 aliphatic rings. The number of aliphatic hydroxyl groups is 2. The van der Waals surface area contributed by atoms with Crippen LogP contribution in [0.4, 0.5) is 0 Å². The predicted octanol–water partition coefficient (Wildman–Crippen LogP) is 4.89. The number of ether oxygens (including phenoxy) is 2. The molecule has 206 valence electrons. The van der Waals surface area contributed by atoms with Crippen molar-refractivity contribution in [1.82, 2.24) is 4.98 Å². The van der Waals surface area contributed by atoms with E-state index in [9.17, 15) is 19.8 Å². The van der Waals surface area contributed by atoms with Crippen LogP contribution in [0.3, 0.4) is 0 Å². The highest BCUT2D eigenvalue weighted by Crippen LogP contribution is 2.45. The van der Waals surface area contributed by atoms with Gasteiger partial charge in [-0.15, -0.1) is 0 Å². The van der Waals surface area contributed by atoms with Crippen molar-refractivity contribution in [3.05, 3.63) is 35.7 Å². The first kappa shape index (κ1) is 29.5. The molecule has 37 heavy (non-hydrogen) atoms. The summed E-state index contributed by atoms with van der Waals surface area (Å²) in [5, 5.41) is 22.2. The fourth-order valence-corrected chi connectivity index (χ4v) is 5.49. The Balaban J connectivity index is 1.88. The van der Waals surface area contributed by atoms with Crippen LogP contribution in [0.1, 0.15) is 92.2 Å². The number of nitrogens with zero attached hydrogens (tertiary/aromatic N) is 1. The number of aromatic nitrogens is 1. The highest BCUT2D eigenvalue weighted by atomic mass is 16.6. The first-order valence-electron chi connectivity index (χ1n) is 13.8. The number of ketones is 1. The van der Waals surface area contributed by atoms with E-state index < -0.39 is 35.6 Å². The third-order valence-electron chi connectivity index (χ3n) is 8.40. The number of carbonyl (C=O) groups is 2. The summed E-state index contributed by atoms with van der Waals surface area (Å²) in [6.07, 6.45) is 4.94. The number of pyridine rings is 1. The number of aliphatic hydroxyl groups excluding tert-OH is 2. The van der Waals surface area contributed by atoms with Gasteiger partial charge in [0.15, 0.2) is 0 Å². The van der Waals surface area contributed by atoms with Gasteiger partial charge in [-0.25, -0.2) is 0 Å². The van der Waals surface area contributed by atoms with Crippen molar-refractivity contribution in [2.45, 2.75) is 117 Å². The fourth-order valence-electron chi connectivity index (χ4n) is 5.49. The Morgan fingerprint density at radius 3 is 2.59 bits per heavy atom. The predicted molar refractivity (Wildman–Crippen MR) is 142 cm³/mol. The van der Waals surface area contributed by atoms with Crippen LogP contribution in [0.25, 0.3) is 6.08 Å². The summed E-state index contributed by atoms with van der Waals surface area (Å²) in [5.41, 5.74) is 0.0977. The summed E-state index contributed by atoms with van der Waals surface area (Å²) >= 11 is 0. The number of rotatable bonds is 4. The van der Waals surface area contributed by atoms with E-state index in [0.717, 1.165) is 37.0 Å². The number of fused-ring (bicyclic) bond motifs is 1. The molecule has 2 N–H and O–H groups in total. The molecule has 7 atom stereocenters. The van der Waals surface area contributed by atoms with Gasteiger partial charge in [-0.3, -0.25) is 14.6 Å². The van der Waals surface area contributed by atoms with Gasteiger partial charge in [-0.2, -0.15) is 0 Å². The van der Waals surface area contributed by atoms with Crippen LogP contribution in [0.5, 0.6) is 0 Å². The Bertz CT molecular complexity index is 960. The second-order valence-electron chi connectivity index (χ2n) is 11.8. The number of epoxide rings is 1. The highest BCUT2D eigenvalue weighted by molar-refractivity contribution is 5.88. The lowest BCUT2D eigenvalue weighted by Gasteiger charge is -2.36. The molecular weight excluding hydrogens is 470 g/mol. The minimum atomic E-state index is -1.23. The molecule has 3 rings (SSSR count). The van der Waals surface area contributed by atoms with Gasteiger partial charge < -0.3 is 19.7 Å². The van der Waals surface area contributed by atoms with E-state index in [2.05, 4.69) is 11.9 Å². The van der Waals surface area contributed by atoms with Gasteiger partial charge in [0, 0.05) is 18.5 Å². The molecule has 2 unspecified atom stereocenters. The smallest absolute Gasteiger partial charge is 0.309 e. The van der Waals surface area contributed by atoms with Gasteiger partial charge in [0.25, 0.3) is 0 Å². The molecule has 1 aromatic heterocycles. The topological polar surface area (TPSA) is 109 Å². The van der Waals surface area contributed by atoms with Gasteiger partial charge in [0.1, 0.15) is 11.9 Å². The molecule has 2 saturated heterocycles. The number of carbonyl (C=O) groups excluding carboxylic acids is 2. The Morgan fingerprint density at radius 1 is 1.22 bits per heavy atom. The SMILES string of the molecule is CCC[C@H]1C(=O)C(C)(C)[C@H](O)CC(=O)O[C@H](/C(C)=C/c2ccccn2)CC2OC2(C)CCC[C@@H](C)[C@@H]1O. The summed E-state index contributed by atoms with van der Waals surface area (Å²) in [6.45, 7) is 11.3. The molecule has 0 radical (unpaired) electrons. The standard InChI is InChI=1S/C30H45NO6/c1-7-11-22-27(34)19(2)12-10-14-30(6)25(37-30)17-23(20(3)16-21-13-8-9-15-31-21)36-26(33)18-24(32)29(4,5)28(22)35/h8-9,13,15-16,19,22-25,27,32,34H,7,10-12,14,17-18H2,1-6H3/b20-16+/t19-,22-,23+,24-,25?,27+,30?/m1/s1. The second-order valence-corrected chi connectivity index (χ2v) is 11.8. The lowest BCUT2D eigenvalue weighted by atomic mass is 9.71. The third-order valence-corrected chi connectivity index (χ3v) is 8.40. The summed E-state index contributed by atoms with van der Waals surface area (Å²) in [5.74, 6) is -1.43. The third kappa shape index (κ3) is 7.27. The number of Topliss-reactive ketones (excluding diaryl/α,β-unsaturated/α-hetero) is 1. The van der Waals surface area contributed by atoms with E-state index in [1.807, 2.05) is 45.0 Å². The Kier molecular flexibility index (Phi) is 9.70. The van der Waals surface area contributed by atoms with Crippen LogP contribution >= 0.6 is 0 Å². The van der Waals surface area contributed by atoms with Crippen LogP contribution in [0.2, 0.25) is 0 Å². The monoisotopic (exact) mass is 515 g/mol. The van der Waals surface area contributed by atoms with Crippen molar-refractivity contribution in [1.29, 1.82) is 0 Å². The first-order valence-corrected chi connectivity index (χ1v) is 13.8. The van der Waals surface area contributed by atoms with E-state index in [0.29, 0.717) is 12.8 Å². The van der Waals surface area contributed by atoms with Crippen molar-refractivity contribution in [3.8, 4) is 0 Å². The molecule has 2 fully saturated rings. The van der Waals surface area contributed by atoms with E-state index >= 15 is 0 Å². The minimum Gasteiger partial charge on any atom is -0.458 e. The molecule has 7 heteroatoms. The van der Waals surface area contributed by atoms with Crippen LogP contribution in [-0.4, -0.2) is 57.0 Å². The van der Waals surface area contributed by atoms with Gasteiger partial charge >= 0.3 is 5.97 Å². The number of hydrogen-bond donors (Lipinski definition) is 2. The highest BCUT2D eigenvalue weighted by Gasteiger charge is 2.53. The molecule has 1 aromatic rings. The number of esters is 1. The fraction of sp³-hybridized carbons (Fsp3) is 0.700. The lowest BCUT2D eigenvalue weighted by Crippen LogP contribution is -2.46. The zero-order valence-corrected chi connectivity index (χ0v) is 23.3. The number of hydrogen-bond acceptors (Lipinski definition) is 7. The normalized spacial score (nSPS) is 35.9. The van der Waals surface area contributed by atoms with E-state index in [-0.39, 0.29) is 29.8 Å². The molecular formula is C30H45NO6. The van der Waals surface area contributed by atoms with Crippen molar-refractivity contribution in [3.63, 3.8) is 0 Å². The lowest BCUT2D eigenvalue weighted by molar-refractivity contribution is -0.154. The van der Waals surface area contributed by atoms with Crippen molar-refractivity contribution < 1.29 is 29.3 Å². The Labute approximate surface area is 221 Å². The van der Waals surface area contributed by atoms with Crippen molar-refractivity contribution >= 4 is 17.8 Å². The van der Waals surface area contributed by atoms with E-state index in [1.165, 1.54) is 0 Å². The van der Waals surface area contributed by atoms with E-state index in [4.69, 9.17) is 9.47 Å². The second kappa shape index (κ2) is 12.2. The van der Waals surface area contributed by atoms with Crippen LogP contribution in [0.15, 0.2) is 30.0 Å². The maximum Gasteiger partial charge on any atom is 0.309 e. The molecule has 0 amide bonds. The Hall–Kier alpha value is -2.09. The maximum absolute atomic E-state index is 13.6. The number of cyclic esters (lactones) is 1. The van der Waals surface area contributed by atoms with Gasteiger partial charge in [0.2, 0.25) is 0 Å². The van der Waals surface area contributed by atoms with E-state index in [1.54, 1.807) is 20.0 Å². The molecule has 3 heterocycles. The summed E-state index contributed by atoms with van der Waals surface area (Å²) in [7, 11) is 0. The minimum absolute atomic E-state index is 0.0544. The average Bonchev–Trinajstić information content (AvgIpc) is 3.49. The maximum atomic E-state index is 13.6. The van der Waals surface area contributed by atoms with Crippen LogP contribution in [-0.2, 0) is 19.1 Å². The van der Waals surface area contributed by atoms with Crippen molar-refractivity contribution in [2.75, 3.05) is 0 Å². The average molecular weight is 516 g/mol. The van der Waals surface area contributed by atoms with Crippen LogP contribution in [0, 0.1) is 17.3 Å². The largest absolute Gasteiger partial charge is 0.458 e. The molecule has 0 aromatic carbocycles. The zero-order chi connectivity index (χ0) is 27.4. The summed E-state index contributed by atoms with van der Waals surface area (Å²) in [6, 6.07) is 5.63. The molecule has 0 spiro atoms. The van der Waals surface area contributed by atoms with Gasteiger partial charge in [-0.1, -0.05) is 46.6 Å². The van der Waals surface area contributed by atoms with Gasteiger partial charge in [0.05, 0.1) is 41.4 Å². The quantitative estimate of drug-likeness (QED) is 0.434. The zero-order valence-electron chi connectivity index (χ0n) is 23.3.